The van der Waals surface area contributed by atoms with Gasteiger partial charge in [-0.1, -0.05) is 0 Å². The Hall–Kier alpha value is -2.83. The molecule has 27 heavy (non-hydrogen) atoms. The molecule has 0 bridgehead atoms. The van der Waals surface area contributed by atoms with E-state index in [4.69, 9.17) is 14.9 Å². The van der Waals surface area contributed by atoms with E-state index in [9.17, 15) is 14.4 Å². The molecule has 0 spiro atoms. The quantitative estimate of drug-likeness (QED) is 0.807. The average Bonchev–Trinajstić information content (AvgIpc) is 3.01. The van der Waals surface area contributed by atoms with Gasteiger partial charge in [-0.2, -0.15) is 0 Å². The summed E-state index contributed by atoms with van der Waals surface area (Å²) in [5.74, 6) is -1.24. The summed E-state index contributed by atoms with van der Waals surface area (Å²) < 4.78 is 10.7. The number of furan rings is 1. The van der Waals surface area contributed by atoms with Crippen molar-refractivity contribution in [1.82, 2.24) is 4.90 Å². The molecule has 0 unspecified atom stereocenters. The van der Waals surface area contributed by atoms with Crippen molar-refractivity contribution in [3.8, 4) is 0 Å². The van der Waals surface area contributed by atoms with Gasteiger partial charge in [0.2, 0.25) is 5.91 Å². The Morgan fingerprint density at radius 2 is 1.85 bits per heavy atom. The highest BCUT2D eigenvalue weighted by Gasteiger charge is 2.26. The number of hydrogen-bond donors (Lipinski definition) is 1. The molecule has 1 fully saturated rings. The van der Waals surface area contributed by atoms with Crippen LogP contribution in [0.15, 0.2) is 22.8 Å². The van der Waals surface area contributed by atoms with E-state index in [0.717, 1.165) is 27.7 Å². The van der Waals surface area contributed by atoms with Crippen LogP contribution in [0.1, 0.15) is 29.5 Å². The predicted octanol–water partition coefficient (Wildman–Crippen LogP) is 1.86. The summed E-state index contributed by atoms with van der Waals surface area (Å²) >= 11 is 0. The van der Waals surface area contributed by atoms with Crippen LogP contribution in [0.3, 0.4) is 0 Å². The molecule has 0 saturated carbocycles. The Kier molecular flexibility index (Phi) is 5.48. The Morgan fingerprint density at radius 3 is 2.52 bits per heavy atom. The SMILES string of the molecule is Cc1cc2occ(CC(=O)OCC(=O)N3CCC(C(N)=O)CC3)c2cc1C. The molecule has 3 rings (SSSR count). The van der Waals surface area contributed by atoms with E-state index in [1.807, 2.05) is 26.0 Å². The average molecular weight is 372 g/mol. The molecule has 1 aromatic carbocycles. The number of hydrogen-bond acceptors (Lipinski definition) is 5. The van der Waals surface area contributed by atoms with E-state index in [-0.39, 0.29) is 30.8 Å². The molecule has 0 radical (unpaired) electrons. The van der Waals surface area contributed by atoms with Crippen molar-refractivity contribution >= 4 is 28.8 Å². The molecule has 2 aromatic rings. The third-order valence-electron chi connectivity index (χ3n) is 5.21. The lowest BCUT2D eigenvalue weighted by atomic mass is 9.96. The van der Waals surface area contributed by atoms with Crippen LogP contribution in [0.5, 0.6) is 0 Å². The number of carbonyl (C=O) groups is 3. The van der Waals surface area contributed by atoms with E-state index in [2.05, 4.69) is 0 Å². The molecule has 1 saturated heterocycles. The maximum atomic E-state index is 12.2. The fraction of sp³-hybridized carbons (Fsp3) is 0.450. The molecule has 144 valence electrons. The maximum absolute atomic E-state index is 12.2. The number of carbonyl (C=O) groups excluding carboxylic acids is 3. The monoisotopic (exact) mass is 372 g/mol. The number of amides is 2. The van der Waals surface area contributed by atoms with Crippen molar-refractivity contribution in [3.05, 3.63) is 35.1 Å². The zero-order chi connectivity index (χ0) is 19.6. The number of esters is 1. The van der Waals surface area contributed by atoms with Crippen molar-refractivity contribution in [2.75, 3.05) is 19.7 Å². The highest BCUT2D eigenvalue weighted by atomic mass is 16.5. The van der Waals surface area contributed by atoms with Gasteiger partial charge in [-0.3, -0.25) is 14.4 Å². The lowest BCUT2D eigenvalue weighted by Crippen LogP contribution is -2.43. The van der Waals surface area contributed by atoms with Crippen molar-refractivity contribution < 1.29 is 23.5 Å². The van der Waals surface area contributed by atoms with Crippen LogP contribution in [-0.4, -0.2) is 42.4 Å². The van der Waals surface area contributed by atoms with Gasteiger partial charge in [0, 0.05) is 30.0 Å². The number of nitrogens with two attached hydrogens (primary N) is 1. The second-order valence-corrected chi connectivity index (χ2v) is 7.09. The highest BCUT2D eigenvalue weighted by molar-refractivity contribution is 5.88. The molecular formula is C20H24N2O5. The molecule has 1 aromatic heterocycles. The molecule has 1 aliphatic heterocycles. The van der Waals surface area contributed by atoms with Gasteiger partial charge in [-0.25, -0.2) is 0 Å². The minimum absolute atomic E-state index is 0.0481. The van der Waals surface area contributed by atoms with Gasteiger partial charge in [0.1, 0.15) is 5.58 Å². The minimum atomic E-state index is -0.476. The van der Waals surface area contributed by atoms with Crippen LogP contribution in [0.2, 0.25) is 0 Å². The Morgan fingerprint density at radius 1 is 1.19 bits per heavy atom. The molecule has 2 heterocycles. The topological polar surface area (TPSA) is 103 Å². The molecule has 0 aliphatic carbocycles. The van der Waals surface area contributed by atoms with Crippen LogP contribution in [0, 0.1) is 19.8 Å². The van der Waals surface area contributed by atoms with E-state index in [1.165, 1.54) is 0 Å². The summed E-state index contributed by atoms with van der Waals surface area (Å²) in [6.07, 6.45) is 2.71. The zero-order valence-corrected chi connectivity index (χ0v) is 15.6. The number of ether oxygens (including phenoxy) is 1. The van der Waals surface area contributed by atoms with Crippen molar-refractivity contribution in [1.29, 1.82) is 0 Å². The van der Waals surface area contributed by atoms with Gasteiger partial charge in [-0.15, -0.1) is 0 Å². The van der Waals surface area contributed by atoms with Gasteiger partial charge in [0.15, 0.2) is 6.61 Å². The summed E-state index contributed by atoms with van der Waals surface area (Å²) in [7, 11) is 0. The van der Waals surface area contributed by atoms with Gasteiger partial charge in [-0.05, 0) is 49.9 Å². The van der Waals surface area contributed by atoms with Crippen LogP contribution < -0.4 is 5.73 Å². The van der Waals surface area contributed by atoms with Crippen LogP contribution in [0.25, 0.3) is 11.0 Å². The number of fused-ring (bicyclic) bond motifs is 1. The standard InChI is InChI=1S/C20H24N2O5/c1-12-7-16-15(10-26-17(16)8-13(12)2)9-19(24)27-11-18(23)22-5-3-14(4-6-22)20(21)25/h7-8,10,14H,3-6,9,11H2,1-2H3,(H2,21,25). The number of benzene rings is 1. The third kappa shape index (κ3) is 4.30. The predicted molar refractivity (Wildman–Crippen MR) is 98.8 cm³/mol. The largest absolute Gasteiger partial charge is 0.464 e. The molecule has 0 atom stereocenters. The zero-order valence-electron chi connectivity index (χ0n) is 15.6. The summed E-state index contributed by atoms with van der Waals surface area (Å²) in [6.45, 7) is 4.62. The smallest absolute Gasteiger partial charge is 0.310 e. The Balaban J connectivity index is 1.52. The molecular weight excluding hydrogens is 348 g/mol. The second kappa shape index (κ2) is 7.82. The molecule has 7 heteroatoms. The van der Waals surface area contributed by atoms with E-state index < -0.39 is 5.97 Å². The van der Waals surface area contributed by atoms with E-state index >= 15 is 0 Å². The lowest BCUT2D eigenvalue weighted by molar-refractivity contribution is -0.152. The Bertz CT molecular complexity index is 878. The van der Waals surface area contributed by atoms with Gasteiger partial charge < -0.3 is 19.8 Å². The molecule has 1 aliphatic rings. The molecule has 2 N–H and O–H groups in total. The molecule has 2 amide bonds. The first-order valence-electron chi connectivity index (χ1n) is 9.05. The summed E-state index contributed by atoms with van der Waals surface area (Å²) in [4.78, 5) is 37.1. The first-order chi connectivity index (χ1) is 12.8. The first kappa shape index (κ1) is 18.9. The van der Waals surface area contributed by atoms with E-state index in [1.54, 1.807) is 11.2 Å². The minimum Gasteiger partial charge on any atom is -0.464 e. The number of primary amides is 1. The second-order valence-electron chi connectivity index (χ2n) is 7.09. The lowest BCUT2D eigenvalue weighted by Gasteiger charge is -2.30. The first-order valence-corrected chi connectivity index (χ1v) is 9.05. The summed E-state index contributed by atoms with van der Waals surface area (Å²) in [5, 5.41) is 0.884. The van der Waals surface area contributed by atoms with Crippen molar-refractivity contribution in [2.45, 2.75) is 33.1 Å². The van der Waals surface area contributed by atoms with Crippen molar-refractivity contribution in [3.63, 3.8) is 0 Å². The third-order valence-corrected chi connectivity index (χ3v) is 5.21. The fourth-order valence-corrected chi connectivity index (χ4v) is 3.33. The number of piperidine rings is 1. The maximum Gasteiger partial charge on any atom is 0.310 e. The van der Waals surface area contributed by atoms with Gasteiger partial charge >= 0.3 is 5.97 Å². The fourth-order valence-electron chi connectivity index (χ4n) is 3.33. The highest BCUT2D eigenvalue weighted by Crippen LogP contribution is 2.25. The number of rotatable bonds is 5. The summed E-state index contributed by atoms with van der Waals surface area (Å²) in [5.41, 5.74) is 9.00. The van der Waals surface area contributed by atoms with Crippen LogP contribution in [-0.2, 0) is 25.5 Å². The van der Waals surface area contributed by atoms with Gasteiger partial charge in [0.25, 0.3) is 5.91 Å². The van der Waals surface area contributed by atoms with Crippen LogP contribution in [0.4, 0.5) is 0 Å². The van der Waals surface area contributed by atoms with Gasteiger partial charge in [0.05, 0.1) is 12.7 Å². The Labute approximate surface area is 157 Å². The summed E-state index contributed by atoms with van der Waals surface area (Å²) in [6, 6.07) is 3.93. The van der Waals surface area contributed by atoms with E-state index in [0.29, 0.717) is 25.9 Å². The molecule has 7 nitrogen and oxygen atoms in total. The number of likely N-dealkylation sites (tertiary alicyclic amines) is 1. The van der Waals surface area contributed by atoms with Crippen molar-refractivity contribution in [2.24, 2.45) is 11.7 Å². The van der Waals surface area contributed by atoms with Crippen LogP contribution >= 0.6 is 0 Å². The number of aryl methyl sites for hydroxylation is 2. The number of nitrogens with zero attached hydrogens (tertiary/aromatic N) is 1. The normalized spacial score (nSPS) is 15.1.